The average Bonchev–Trinajstić information content (AvgIpc) is 2.63. The molecular weight excluding hydrogens is 300 g/mol. The molecule has 5 heteroatoms. The van der Waals surface area contributed by atoms with Gasteiger partial charge in [-0.2, -0.15) is 0 Å². The molecule has 0 saturated carbocycles. The van der Waals surface area contributed by atoms with Crippen LogP contribution >= 0.6 is 0 Å². The standard InChI is InChI=1S/C19H24N4O/c1-15-5-6-16(14-17(15)20)18(24)7-9-22-10-12-23(13-11-22)19-4-2-3-8-21-19/h2-6,8,14H,7,9-13,20H2,1H3. The monoisotopic (exact) mass is 324 g/mol. The second-order valence-corrected chi connectivity index (χ2v) is 6.26. The first-order chi connectivity index (χ1) is 11.6. The van der Waals surface area contributed by atoms with Gasteiger partial charge in [0.1, 0.15) is 5.82 Å². The van der Waals surface area contributed by atoms with Gasteiger partial charge in [-0.15, -0.1) is 0 Å². The van der Waals surface area contributed by atoms with Gasteiger partial charge in [-0.3, -0.25) is 9.69 Å². The largest absolute Gasteiger partial charge is 0.398 e. The summed E-state index contributed by atoms with van der Waals surface area (Å²) in [7, 11) is 0. The Kier molecular flexibility index (Phi) is 5.11. The highest BCUT2D eigenvalue weighted by atomic mass is 16.1. The van der Waals surface area contributed by atoms with Gasteiger partial charge in [-0.25, -0.2) is 4.98 Å². The van der Waals surface area contributed by atoms with Gasteiger partial charge in [0.05, 0.1) is 0 Å². The molecule has 0 aliphatic carbocycles. The lowest BCUT2D eigenvalue weighted by atomic mass is 10.0. The third-order valence-corrected chi connectivity index (χ3v) is 4.60. The van der Waals surface area contributed by atoms with Gasteiger partial charge in [0.15, 0.2) is 5.78 Å². The summed E-state index contributed by atoms with van der Waals surface area (Å²) in [4.78, 5) is 21.4. The van der Waals surface area contributed by atoms with Crippen LogP contribution in [0.1, 0.15) is 22.3 Å². The van der Waals surface area contributed by atoms with Crippen molar-refractivity contribution >= 4 is 17.3 Å². The first kappa shape index (κ1) is 16.5. The van der Waals surface area contributed by atoms with E-state index in [-0.39, 0.29) is 5.78 Å². The first-order valence-corrected chi connectivity index (χ1v) is 8.41. The summed E-state index contributed by atoms with van der Waals surface area (Å²) in [6, 6.07) is 11.6. The highest BCUT2D eigenvalue weighted by molar-refractivity contribution is 5.97. The molecule has 1 saturated heterocycles. The number of hydrogen-bond acceptors (Lipinski definition) is 5. The van der Waals surface area contributed by atoms with Crippen LogP contribution in [0.15, 0.2) is 42.6 Å². The van der Waals surface area contributed by atoms with Crippen LogP contribution in [0.4, 0.5) is 11.5 Å². The number of nitrogens with zero attached hydrogens (tertiary/aromatic N) is 3. The number of anilines is 2. The summed E-state index contributed by atoms with van der Waals surface area (Å²) in [5.74, 6) is 1.19. The van der Waals surface area contributed by atoms with E-state index in [2.05, 4.69) is 14.8 Å². The van der Waals surface area contributed by atoms with E-state index in [4.69, 9.17) is 5.73 Å². The van der Waals surface area contributed by atoms with Crippen LogP contribution < -0.4 is 10.6 Å². The number of aryl methyl sites for hydroxylation is 1. The van der Waals surface area contributed by atoms with Crippen molar-refractivity contribution in [3.8, 4) is 0 Å². The molecule has 2 N–H and O–H groups in total. The van der Waals surface area contributed by atoms with Crippen molar-refractivity contribution in [3.63, 3.8) is 0 Å². The fraction of sp³-hybridized carbons (Fsp3) is 0.368. The van der Waals surface area contributed by atoms with Crippen LogP contribution in [0, 0.1) is 6.92 Å². The number of nitrogen functional groups attached to an aromatic ring is 1. The Labute approximate surface area is 143 Å². The zero-order valence-corrected chi connectivity index (χ0v) is 14.1. The minimum Gasteiger partial charge on any atom is -0.398 e. The Bertz CT molecular complexity index is 694. The number of hydrogen-bond donors (Lipinski definition) is 1. The molecule has 24 heavy (non-hydrogen) atoms. The lowest BCUT2D eigenvalue weighted by Gasteiger charge is -2.35. The number of piperazine rings is 1. The summed E-state index contributed by atoms with van der Waals surface area (Å²) >= 11 is 0. The number of carbonyl (C=O) groups excluding carboxylic acids is 1. The Morgan fingerprint density at radius 3 is 2.62 bits per heavy atom. The molecule has 3 rings (SSSR count). The zero-order valence-electron chi connectivity index (χ0n) is 14.1. The maximum Gasteiger partial charge on any atom is 0.164 e. The van der Waals surface area contributed by atoms with Gasteiger partial charge in [-0.05, 0) is 30.7 Å². The SMILES string of the molecule is Cc1ccc(C(=O)CCN2CCN(c3ccccn3)CC2)cc1N. The molecule has 1 aromatic carbocycles. The minimum absolute atomic E-state index is 0.161. The Morgan fingerprint density at radius 2 is 1.96 bits per heavy atom. The highest BCUT2D eigenvalue weighted by Crippen LogP contribution is 2.16. The van der Waals surface area contributed by atoms with E-state index >= 15 is 0 Å². The second-order valence-electron chi connectivity index (χ2n) is 6.26. The van der Waals surface area contributed by atoms with Gasteiger partial charge in [0.25, 0.3) is 0 Å². The van der Waals surface area contributed by atoms with Crippen molar-refractivity contribution in [1.29, 1.82) is 0 Å². The van der Waals surface area contributed by atoms with Gasteiger partial charge >= 0.3 is 0 Å². The zero-order chi connectivity index (χ0) is 16.9. The number of carbonyl (C=O) groups is 1. The van der Waals surface area contributed by atoms with E-state index in [0.29, 0.717) is 17.7 Å². The lowest BCUT2D eigenvalue weighted by molar-refractivity contribution is 0.0962. The van der Waals surface area contributed by atoms with Crippen molar-refractivity contribution in [2.24, 2.45) is 0 Å². The average molecular weight is 324 g/mol. The molecule has 0 spiro atoms. The van der Waals surface area contributed by atoms with E-state index in [1.807, 2.05) is 43.5 Å². The Morgan fingerprint density at radius 1 is 1.17 bits per heavy atom. The molecule has 0 bridgehead atoms. The number of rotatable bonds is 5. The summed E-state index contributed by atoms with van der Waals surface area (Å²) in [6.45, 7) is 6.55. The lowest BCUT2D eigenvalue weighted by Crippen LogP contribution is -2.47. The van der Waals surface area contributed by atoms with Gasteiger partial charge in [-0.1, -0.05) is 18.2 Å². The van der Waals surface area contributed by atoms with Crippen molar-refractivity contribution in [3.05, 3.63) is 53.7 Å². The predicted octanol–water partition coefficient (Wildman–Crippen LogP) is 2.37. The maximum atomic E-state index is 12.3. The third-order valence-electron chi connectivity index (χ3n) is 4.60. The molecule has 1 aliphatic rings. The van der Waals surface area contributed by atoms with E-state index in [1.54, 1.807) is 6.07 Å². The van der Waals surface area contributed by atoms with Gasteiger partial charge in [0, 0.05) is 56.6 Å². The molecule has 0 unspecified atom stereocenters. The van der Waals surface area contributed by atoms with Crippen LogP contribution in [0.3, 0.4) is 0 Å². The molecule has 0 amide bonds. The van der Waals surface area contributed by atoms with E-state index in [1.165, 1.54) is 0 Å². The fourth-order valence-corrected chi connectivity index (χ4v) is 2.96. The summed E-state index contributed by atoms with van der Waals surface area (Å²) in [5.41, 5.74) is 8.30. The smallest absolute Gasteiger partial charge is 0.164 e. The number of Topliss-reactive ketones (excluding diaryl/α,β-unsaturated/α-hetero) is 1. The molecule has 2 heterocycles. The normalized spacial score (nSPS) is 15.5. The summed E-state index contributed by atoms with van der Waals surface area (Å²) < 4.78 is 0. The Balaban J connectivity index is 1.48. The number of pyridine rings is 1. The number of aromatic nitrogens is 1. The topological polar surface area (TPSA) is 62.5 Å². The van der Waals surface area contributed by atoms with Crippen molar-refractivity contribution in [2.75, 3.05) is 43.4 Å². The van der Waals surface area contributed by atoms with Crippen LogP contribution in [-0.2, 0) is 0 Å². The molecule has 5 nitrogen and oxygen atoms in total. The summed E-state index contributed by atoms with van der Waals surface area (Å²) in [5, 5.41) is 0. The number of benzene rings is 1. The van der Waals surface area contributed by atoms with Crippen LogP contribution in [0.2, 0.25) is 0 Å². The van der Waals surface area contributed by atoms with Gasteiger partial charge < -0.3 is 10.6 Å². The third kappa shape index (κ3) is 3.92. The van der Waals surface area contributed by atoms with E-state index in [9.17, 15) is 4.79 Å². The molecular formula is C19H24N4O. The van der Waals surface area contributed by atoms with Gasteiger partial charge in [0.2, 0.25) is 0 Å². The molecule has 126 valence electrons. The molecule has 1 fully saturated rings. The Hall–Kier alpha value is -2.40. The van der Waals surface area contributed by atoms with Crippen LogP contribution in [0.5, 0.6) is 0 Å². The van der Waals surface area contributed by atoms with E-state index in [0.717, 1.165) is 44.1 Å². The fourth-order valence-electron chi connectivity index (χ4n) is 2.96. The van der Waals surface area contributed by atoms with Crippen LogP contribution in [0.25, 0.3) is 0 Å². The van der Waals surface area contributed by atoms with Crippen molar-refractivity contribution in [1.82, 2.24) is 9.88 Å². The minimum atomic E-state index is 0.161. The highest BCUT2D eigenvalue weighted by Gasteiger charge is 2.18. The molecule has 1 aromatic heterocycles. The van der Waals surface area contributed by atoms with Crippen LogP contribution in [-0.4, -0.2) is 48.4 Å². The molecule has 1 aliphatic heterocycles. The number of ketones is 1. The quantitative estimate of drug-likeness (QED) is 0.676. The summed E-state index contributed by atoms with van der Waals surface area (Å²) in [6.07, 6.45) is 2.36. The molecule has 2 aromatic rings. The molecule has 0 atom stereocenters. The predicted molar refractivity (Wildman–Crippen MR) is 97.4 cm³/mol. The van der Waals surface area contributed by atoms with Crippen molar-refractivity contribution < 1.29 is 4.79 Å². The van der Waals surface area contributed by atoms with E-state index < -0.39 is 0 Å². The first-order valence-electron chi connectivity index (χ1n) is 8.41. The maximum absolute atomic E-state index is 12.3. The van der Waals surface area contributed by atoms with Crippen molar-refractivity contribution in [2.45, 2.75) is 13.3 Å². The second kappa shape index (κ2) is 7.45. The number of nitrogens with two attached hydrogens (primary N) is 1. The molecule has 0 radical (unpaired) electrons.